The molecule has 0 amide bonds. The van der Waals surface area contributed by atoms with Crippen LogP contribution in [0.15, 0.2) is 24.3 Å². The maximum atomic E-state index is 12.7. The van der Waals surface area contributed by atoms with E-state index in [0.717, 1.165) is 12.6 Å². The lowest BCUT2D eigenvalue weighted by Crippen LogP contribution is -2.37. The fourth-order valence-electron chi connectivity index (χ4n) is 2.11. The standard InChI is InChI=1S/C15H23F3N2/c1-11(20(4)10-14(2,3)9-19)12-6-5-7-13(8-12)15(16,17)18/h5-8,11H,9-10,19H2,1-4H3. The minimum Gasteiger partial charge on any atom is -0.330 e. The molecule has 1 aromatic carbocycles. The molecular weight excluding hydrogens is 265 g/mol. The summed E-state index contributed by atoms with van der Waals surface area (Å²) in [5, 5.41) is 0. The topological polar surface area (TPSA) is 29.3 Å². The van der Waals surface area contributed by atoms with Gasteiger partial charge in [0.25, 0.3) is 0 Å². The Morgan fingerprint density at radius 1 is 1.25 bits per heavy atom. The van der Waals surface area contributed by atoms with Crippen LogP contribution in [0.2, 0.25) is 0 Å². The van der Waals surface area contributed by atoms with Crippen LogP contribution >= 0.6 is 0 Å². The maximum Gasteiger partial charge on any atom is 0.416 e. The summed E-state index contributed by atoms with van der Waals surface area (Å²) in [6, 6.07) is 5.40. The minimum atomic E-state index is -4.30. The molecule has 0 aromatic heterocycles. The van der Waals surface area contributed by atoms with Crippen molar-refractivity contribution < 1.29 is 13.2 Å². The number of rotatable bonds is 5. The third-order valence-electron chi connectivity index (χ3n) is 3.59. The highest BCUT2D eigenvalue weighted by molar-refractivity contribution is 5.27. The molecule has 20 heavy (non-hydrogen) atoms. The third kappa shape index (κ3) is 4.49. The Kier molecular flexibility index (Phi) is 5.21. The van der Waals surface area contributed by atoms with E-state index in [1.807, 2.05) is 32.7 Å². The van der Waals surface area contributed by atoms with Gasteiger partial charge in [0, 0.05) is 12.6 Å². The predicted octanol–water partition coefficient (Wildman–Crippen LogP) is 3.68. The molecule has 5 heteroatoms. The van der Waals surface area contributed by atoms with Crippen molar-refractivity contribution >= 4 is 0 Å². The molecule has 1 unspecified atom stereocenters. The van der Waals surface area contributed by atoms with E-state index in [4.69, 9.17) is 5.73 Å². The summed E-state index contributed by atoms with van der Waals surface area (Å²) in [5.41, 5.74) is 5.69. The molecule has 0 spiro atoms. The van der Waals surface area contributed by atoms with Gasteiger partial charge in [-0.2, -0.15) is 13.2 Å². The number of nitrogens with two attached hydrogens (primary N) is 1. The molecule has 0 bridgehead atoms. The van der Waals surface area contributed by atoms with Crippen LogP contribution < -0.4 is 5.73 Å². The number of benzene rings is 1. The monoisotopic (exact) mass is 288 g/mol. The molecule has 2 N–H and O–H groups in total. The molecule has 1 rings (SSSR count). The zero-order valence-corrected chi connectivity index (χ0v) is 12.5. The highest BCUT2D eigenvalue weighted by Gasteiger charge is 2.31. The highest BCUT2D eigenvalue weighted by Crippen LogP contribution is 2.32. The maximum absolute atomic E-state index is 12.7. The van der Waals surface area contributed by atoms with E-state index in [1.54, 1.807) is 6.07 Å². The van der Waals surface area contributed by atoms with Crippen molar-refractivity contribution in [3.63, 3.8) is 0 Å². The molecule has 0 fully saturated rings. The number of hydrogen-bond donors (Lipinski definition) is 1. The molecule has 1 aromatic rings. The second kappa shape index (κ2) is 6.14. The molecule has 0 saturated heterocycles. The van der Waals surface area contributed by atoms with Crippen LogP contribution in [0.5, 0.6) is 0 Å². The average Bonchev–Trinajstić information content (AvgIpc) is 2.36. The van der Waals surface area contributed by atoms with E-state index in [2.05, 4.69) is 0 Å². The van der Waals surface area contributed by atoms with Gasteiger partial charge >= 0.3 is 6.18 Å². The lowest BCUT2D eigenvalue weighted by molar-refractivity contribution is -0.137. The molecule has 0 saturated carbocycles. The Bertz CT molecular complexity index is 441. The molecule has 0 heterocycles. The second-order valence-corrected chi connectivity index (χ2v) is 6.08. The fraction of sp³-hybridized carbons (Fsp3) is 0.600. The quantitative estimate of drug-likeness (QED) is 0.895. The summed E-state index contributed by atoms with van der Waals surface area (Å²) in [7, 11) is 1.91. The first-order chi connectivity index (χ1) is 9.07. The number of halogens is 3. The Labute approximate surface area is 118 Å². The predicted molar refractivity (Wildman–Crippen MR) is 75.3 cm³/mol. The molecule has 2 nitrogen and oxygen atoms in total. The Balaban J connectivity index is 2.89. The van der Waals surface area contributed by atoms with Crippen molar-refractivity contribution in [1.29, 1.82) is 0 Å². The number of alkyl halides is 3. The normalized spacial score (nSPS) is 14.7. The number of nitrogens with zero attached hydrogens (tertiary/aromatic N) is 1. The van der Waals surface area contributed by atoms with Crippen LogP contribution in [-0.4, -0.2) is 25.0 Å². The Morgan fingerprint density at radius 3 is 2.35 bits per heavy atom. The average molecular weight is 288 g/mol. The van der Waals surface area contributed by atoms with E-state index >= 15 is 0 Å². The van der Waals surface area contributed by atoms with Crippen LogP contribution in [0.1, 0.15) is 37.9 Å². The minimum absolute atomic E-state index is 0.0648. The van der Waals surface area contributed by atoms with Gasteiger partial charge in [-0.05, 0) is 43.6 Å². The summed E-state index contributed by atoms with van der Waals surface area (Å²) in [4.78, 5) is 2.03. The number of hydrogen-bond acceptors (Lipinski definition) is 2. The van der Waals surface area contributed by atoms with Gasteiger partial charge < -0.3 is 5.73 Å². The Hall–Kier alpha value is -1.07. The summed E-state index contributed by atoms with van der Waals surface area (Å²) in [6.07, 6.45) is -4.30. The zero-order chi connectivity index (χ0) is 15.6. The van der Waals surface area contributed by atoms with E-state index < -0.39 is 11.7 Å². The Morgan fingerprint density at radius 2 is 1.85 bits per heavy atom. The molecule has 0 aliphatic rings. The van der Waals surface area contributed by atoms with E-state index in [0.29, 0.717) is 12.1 Å². The van der Waals surface area contributed by atoms with Gasteiger partial charge in [-0.1, -0.05) is 26.0 Å². The van der Waals surface area contributed by atoms with E-state index in [-0.39, 0.29) is 11.5 Å². The molecule has 114 valence electrons. The second-order valence-electron chi connectivity index (χ2n) is 6.08. The zero-order valence-electron chi connectivity index (χ0n) is 12.5. The van der Waals surface area contributed by atoms with Crippen molar-refractivity contribution in [2.75, 3.05) is 20.1 Å². The first kappa shape index (κ1) is 17.0. The van der Waals surface area contributed by atoms with Gasteiger partial charge in [0.05, 0.1) is 5.56 Å². The summed E-state index contributed by atoms with van der Waals surface area (Å²) in [5.74, 6) is 0. The van der Waals surface area contributed by atoms with Crippen LogP contribution in [0, 0.1) is 5.41 Å². The van der Waals surface area contributed by atoms with Crippen LogP contribution in [0.25, 0.3) is 0 Å². The molecule has 1 atom stereocenters. The van der Waals surface area contributed by atoms with Crippen molar-refractivity contribution in [3.05, 3.63) is 35.4 Å². The van der Waals surface area contributed by atoms with Gasteiger partial charge in [0.2, 0.25) is 0 Å². The lowest BCUT2D eigenvalue weighted by Gasteiger charge is -2.33. The summed E-state index contributed by atoms with van der Waals surface area (Å²) < 4.78 is 38.2. The van der Waals surface area contributed by atoms with Crippen LogP contribution in [0.4, 0.5) is 13.2 Å². The van der Waals surface area contributed by atoms with Crippen LogP contribution in [0.3, 0.4) is 0 Å². The van der Waals surface area contributed by atoms with Gasteiger partial charge in [-0.25, -0.2) is 0 Å². The largest absolute Gasteiger partial charge is 0.416 e. The summed E-state index contributed by atoms with van der Waals surface area (Å²) >= 11 is 0. The van der Waals surface area contributed by atoms with Crippen molar-refractivity contribution in [1.82, 2.24) is 4.90 Å². The van der Waals surface area contributed by atoms with E-state index in [9.17, 15) is 13.2 Å². The van der Waals surface area contributed by atoms with Crippen molar-refractivity contribution in [3.8, 4) is 0 Å². The van der Waals surface area contributed by atoms with Gasteiger partial charge in [-0.3, -0.25) is 4.90 Å². The molecule has 0 aliphatic carbocycles. The molecule has 0 aliphatic heterocycles. The van der Waals surface area contributed by atoms with Gasteiger partial charge in [-0.15, -0.1) is 0 Å². The first-order valence-corrected chi connectivity index (χ1v) is 6.64. The SMILES string of the molecule is CC(c1cccc(C(F)(F)F)c1)N(C)CC(C)(C)CN. The lowest BCUT2D eigenvalue weighted by atomic mass is 9.92. The molecular formula is C15H23F3N2. The molecule has 0 radical (unpaired) electrons. The smallest absolute Gasteiger partial charge is 0.330 e. The van der Waals surface area contributed by atoms with E-state index in [1.165, 1.54) is 12.1 Å². The van der Waals surface area contributed by atoms with Gasteiger partial charge in [0.1, 0.15) is 0 Å². The third-order valence-corrected chi connectivity index (χ3v) is 3.59. The summed E-state index contributed by atoms with van der Waals surface area (Å²) in [6.45, 7) is 7.25. The van der Waals surface area contributed by atoms with Gasteiger partial charge in [0.15, 0.2) is 0 Å². The first-order valence-electron chi connectivity index (χ1n) is 6.64. The van der Waals surface area contributed by atoms with Crippen molar-refractivity contribution in [2.24, 2.45) is 11.1 Å². The fourth-order valence-corrected chi connectivity index (χ4v) is 2.11. The highest BCUT2D eigenvalue weighted by atomic mass is 19.4. The van der Waals surface area contributed by atoms with Crippen LogP contribution in [-0.2, 0) is 6.18 Å². The van der Waals surface area contributed by atoms with Crippen molar-refractivity contribution in [2.45, 2.75) is 33.0 Å².